The van der Waals surface area contributed by atoms with E-state index in [9.17, 15) is 19.5 Å². The normalized spacial score (nSPS) is 11.1. The Hall–Kier alpha value is -4.07. The van der Waals surface area contributed by atoms with E-state index in [2.05, 4.69) is 33.9 Å². The number of benzene rings is 2. The number of ketones is 2. The van der Waals surface area contributed by atoms with Crippen LogP contribution < -0.4 is 18.9 Å². The van der Waals surface area contributed by atoms with E-state index in [1.165, 1.54) is 166 Å². The van der Waals surface area contributed by atoms with Crippen LogP contribution in [0.2, 0.25) is 0 Å². The summed E-state index contributed by atoms with van der Waals surface area (Å²) < 4.78 is 26.5. The molecular weight excluding hydrogens is 849 g/mol. The lowest BCUT2D eigenvalue weighted by Crippen LogP contribution is -2.10. The van der Waals surface area contributed by atoms with Gasteiger partial charge in [-0.15, -0.1) is 0 Å². The third-order valence-corrected chi connectivity index (χ3v) is 12.9. The molecule has 0 saturated carbocycles. The van der Waals surface area contributed by atoms with Crippen LogP contribution >= 0.6 is 0 Å². The minimum absolute atomic E-state index is 0.0775. The fraction of sp³-hybridized carbons (Fsp3) is 0.683. The molecule has 0 spiro atoms. The Morgan fingerprint density at radius 3 is 1.09 bits per heavy atom. The van der Waals surface area contributed by atoms with Crippen molar-refractivity contribution < 1.29 is 38.4 Å². The summed E-state index contributed by atoms with van der Waals surface area (Å²) in [5, 5.41) is 10.0. The Morgan fingerprint density at radius 2 is 0.765 bits per heavy atom. The molecule has 0 aliphatic rings. The number of ether oxygens (including phenoxy) is 4. The van der Waals surface area contributed by atoms with Crippen molar-refractivity contribution in [3.05, 3.63) is 71.8 Å². The molecule has 2 rings (SSSR count). The molecule has 2 aromatic rings. The highest BCUT2D eigenvalue weighted by Crippen LogP contribution is 2.40. The predicted octanol–water partition coefficient (Wildman–Crippen LogP) is 17.2. The van der Waals surface area contributed by atoms with Crippen molar-refractivity contribution in [3.8, 4) is 23.0 Å². The Balaban J connectivity index is 2.38. The molecule has 384 valence electrons. The number of carboxylic acids is 1. The average molecular weight is 945 g/mol. The van der Waals surface area contributed by atoms with Crippen molar-refractivity contribution in [1.29, 1.82) is 0 Å². The molecule has 0 unspecified atom stereocenters. The summed E-state index contributed by atoms with van der Waals surface area (Å²) in [5.74, 6) is 1.01. The first-order valence-corrected chi connectivity index (χ1v) is 27.6. The van der Waals surface area contributed by atoms with E-state index < -0.39 is 5.97 Å². The number of carbonyl (C=O) groups excluding carboxylic acids is 2. The summed E-state index contributed by atoms with van der Waals surface area (Å²) in [6, 6.07) is 7.12. The van der Waals surface area contributed by atoms with E-state index in [-0.39, 0.29) is 49.4 Å². The van der Waals surface area contributed by atoms with Crippen LogP contribution in [0.1, 0.15) is 253 Å². The van der Waals surface area contributed by atoms with Gasteiger partial charge in [0.25, 0.3) is 0 Å². The molecular formula is C60H96O8. The summed E-state index contributed by atoms with van der Waals surface area (Å²) in [5.41, 5.74) is 2.07. The fourth-order valence-electron chi connectivity index (χ4n) is 8.69. The molecule has 68 heavy (non-hydrogen) atoms. The van der Waals surface area contributed by atoms with Gasteiger partial charge >= 0.3 is 5.97 Å². The van der Waals surface area contributed by atoms with E-state index in [0.29, 0.717) is 53.9 Å². The second-order valence-electron chi connectivity index (χ2n) is 19.1. The molecule has 0 aromatic heterocycles. The van der Waals surface area contributed by atoms with Crippen molar-refractivity contribution in [3.63, 3.8) is 0 Å². The lowest BCUT2D eigenvalue weighted by atomic mass is 9.96. The second kappa shape index (κ2) is 40.8. The van der Waals surface area contributed by atoms with E-state index in [1.807, 2.05) is 12.1 Å². The van der Waals surface area contributed by atoms with Gasteiger partial charge in [0, 0.05) is 12.8 Å². The molecule has 0 radical (unpaired) electrons. The standard InChI is InChI=1S/C60H96O8/c1-6-11-14-17-20-23-26-29-32-35-42-65-56-45-50(49-68-58-51(38-40-54(61)9-4)47-53(60(63)64)48-52(58)39-41-55(62)10-5)46-57(66-43-36-33-30-27-24-21-18-15-12-7-2)59(56)67-44-37-34-31-28-25-22-19-16-13-8-3/h9-10,45-48H,4-8,11-44,49H2,1-3H3,(H,63,64). The Kier molecular flexibility index (Phi) is 36.0. The van der Waals surface area contributed by atoms with Gasteiger partial charge in [-0.3, -0.25) is 9.59 Å². The molecule has 0 amide bonds. The number of carboxylic acid groups (broad SMARTS) is 1. The van der Waals surface area contributed by atoms with Gasteiger partial charge in [0.1, 0.15) is 12.4 Å². The van der Waals surface area contributed by atoms with Crippen LogP contribution in [-0.4, -0.2) is 42.5 Å². The first-order chi connectivity index (χ1) is 33.3. The van der Waals surface area contributed by atoms with E-state index in [4.69, 9.17) is 18.9 Å². The molecule has 0 heterocycles. The van der Waals surface area contributed by atoms with Crippen LogP contribution in [-0.2, 0) is 29.0 Å². The number of hydrogen-bond acceptors (Lipinski definition) is 7. The zero-order valence-electron chi connectivity index (χ0n) is 43.6. The van der Waals surface area contributed by atoms with Crippen molar-refractivity contribution in [2.45, 2.75) is 246 Å². The smallest absolute Gasteiger partial charge is 0.335 e. The van der Waals surface area contributed by atoms with Gasteiger partial charge < -0.3 is 24.1 Å². The number of hydrogen-bond donors (Lipinski definition) is 1. The van der Waals surface area contributed by atoms with Crippen molar-refractivity contribution >= 4 is 17.5 Å². The van der Waals surface area contributed by atoms with Crippen LogP contribution in [0, 0.1) is 0 Å². The molecule has 0 bridgehead atoms. The second-order valence-corrected chi connectivity index (χ2v) is 19.1. The minimum atomic E-state index is -1.09. The van der Waals surface area contributed by atoms with Crippen LogP contribution in [0.15, 0.2) is 49.6 Å². The molecule has 2 aromatic carbocycles. The van der Waals surface area contributed by atoms with Gasteiger partial charge in [-0.05, 0) is 85.2 Å². The largest absolute Gasteiger partial charge is 0.490 e. The summed E-state index contributed by atoms with van der Waals surface area (Å²) in [6.07, 6.45) is 40.6. The number of carbonyl (C=O) groups is 3. The summed E-state index contributed by atoms with van der Waals surface area (Å²) in [4.78, 5) is 37.1. The van der Waals surface area contributed by atoms with Crippen LogP contribution in [0.25, 0.3) is 0 Å². The number of allylic oxidation sites excluding steroid dienone is 2. The molecule has 0 aliphatic heterocycles. The maximum Gasteiger partial charge on any atom is 0.335 e. The number of aryl methyl sites for hydroxylation is 2. The van der Waals surface area contributed by atoms with E-state index >= 15 is 0 Å². The minimum Gasteiger partial charge on any atom is -0.490 e. The maximum atomic E-state index is 12.4. The van der Waals surface area contributed by atoms with E-state index in [0.717, 1.165) is 44.1 Å². The molecule has 8 heteroatoms. The molecule has 0 fully saturated rings. The van der Waals surface area contributed by atoms with Gasteiger partial charge in [-0.25, -0.2) is 4.79 Å². The van der Waals surface area contributed by atoms with Gasteiger partial charge in [0.15, 0.2) is 23.1 Å². The predicted molar refractivity (Wildman–Crippen MR) is 283 cm³/mol. The van der Waals surface area contributed by atoms with Crippen LogP contribution in [0.4, 0.5) is 0 Å². The van der Waals surface area contributed by atoms with Gasteiger partial charge in [-0.2, -0.15) is 0 Å². The monoisotopic (exact) mass is 945 g/mol. The highest BCUT2D eigenvalue weighted by atomic mass is 16.5. The quantitative estimate of drug-likeness (QED) is 0.0516. The lowest BCUT2D eigenvalue weighted by molar-refractivity contribution is -0.115. The molecule has 0 saturated heterocycles. The summed E-state index contributed by atoms with van der Waals surface area (Å²) in [7, 11) is 0. The average Bonchev–Trinajstić information content (AvgIpc) is 3.34. The Bertz CT molecular complexity index is 1570. The van der Waals surface area contributed by atoms with E-state index in [1.54, 1.807) is 12.1 Å². The van der Waals surface area contributed by atoms with Gasteiger partial charge in [0.05, 0.1) is 25.4 Å². The molecule has 8 nitrogen and oxygen atoms in total. The van der Waals surface area contributed by atoms with Crippen molar-refractivity contribution in [1.82, 2.24) is 0 Å². The Labute approximate surface area is 414 Å². The topological polar surface area (TPSA) is 108 Å². The molecule has 1 N–H and O–H groups in total. The van der Waals surface area contributed by atoms with Crippen molar-refractivity contribution in [2.24, 2.45) is 0 Å². The first-order valence-electron chi connectivity index (χ1n) is 27.6. The third kappa shape index (κ3) is 28.4. The van der Waals surface area contributed by atoms with Crippen LogP contribution in [0.3, 0.4) is 0 Å². The first kappa shape index (κ1) is 60.1. The molecule has 0 atom stereocenters. The van der Waals surface area contributed by atoms with Gasteiger partial charge in [0.2, 0.25) is 5.75 Å². The number of aromatic carboxylic acids is 1. The van der Waals surface area contributed by atoms with Gasteiger partial charge in [-0.1, -0.05) is 207 Å². The zero-order valence-corrected chi connectivity index (χ0v) is 43.6. The SMILES string of the molecule is C=CC(=O)CCc1cc(C(=O)O)cc(CCC(=O)C=C)c1OCc1cc(OCCCCCCCCCCCC)c(OCCCCCCCCCCCC)c(OCCCCCCCCCCCC)c1. The van der Waals surface area contributed by atoms with Crippen LogP contribution in [0.5, 0.6) is 23.0 Å². The highest BCUT2D eigenvalue weighted by Gasteiger charge is 2.20. The molecule has 0 aliphatic carbocycles. The highest BCUT2D eigenvalue weighted by molar-refractivity contribution is 5.91. The summed E-state index contributed by atoms with van der Waals surface area (Å²) in [6.45, 7) is 15.8. The maximum absolute atomic E-state index is 12.4. The lowest BCUT2D eigenvalue weighted by Gasteiger charge is -2.20. The number of unbranched alkanes of at least 4 members (excludes halogenated alkanes) is 27. The zero-order chi connectivity index (χ0) is 49.3. The summed E-state index contributed by atoms with van der Waals surface area (Å²) >= 11 is 0. The fourth-order valence-corrected chi connectivity index (χ4v) is 8.69. The Morgan fingerprint density at radius 1 is 0.441 bits per heavy atom. The number of rotatable bonds is 48. The third-order valence-electron chi connectivity index (χ3n) is 12.9. The van der Waals surface area contributed by atoms with Crippen molar-refractivity contribution in [2.75, 3.05) is 19.8 Å².